The van der Waals surface area contributed by atoms with Crippen molar-refractivity contribution in [1.29, 1.82) is 0 Å². The quantitative estimate of drug-likeness (QED) is 0.850. The molecule has 1 saturated carbocycles. The van der Waals surface area contributed by atoms with Gasteiger partial charge in [0.05, 0.1) is 13.2 Å². The molecule has 1 unspecified atom stereocenters. The van der Waals surface area contributed by atoms with E-state index in [1.165, 1.54) is 5.56 Å². The molecule has 1 aliphatic rings. The normalized spacial score (nSPS) is 25.1. The molecule has 0 spiro atoms. The van der Waals surface area contributed by atoms with Gasteiger partial charge in [-0.05, 0) is 25.8 Å². The topological polar surface area (TPSA) is 30.5 Å². The number of nitrogens with one attached hydrogen (secondary N) is 1. The molecule has 1 aliphatic carbocycles. The van der Waals surface area contributed by atoms with Crippen molar-refractivity contribution in [2.24, 2.45) is 0 Å². The Kier molecular flexibility index (Phi) is 4.02. The lowest BCUT2D eigenvalue weighted by Gasteiger charge is -2.37. The molecule has 1 N–H and O–H groups in total. The van der Waals surface area contributed by atoms with E-state index in [1.807, 2.05) is 12.1 Å². The van der Waals surface area contributed by atoms with E-state index in [-0.39, 0.29) is 0 Å². The molecule has 0 amide bonds. The molecule has 3 nitrogen and oxygen atoms in total. The molecule has 0 saturated heterocycles. The monoisotopic (exact) mass is 235 g/mol. The van der Waals surface area contributed by atoms with E-state index >= 15 is 0 Å². The van der Waals surface area contributed by atoms with Crippen LogP contribution in [0.4, 0.5) is 0 Å². The van der Waals surface area contributed by atoms with Crippen molar-refractivity contribution in [3.05, 3.63) is 29.8 Å². The standard InChI is InChI=1S/C14H21NO2/c1-10(15-11-8-12(9-11)16-2)13-6-4-5-7-14(13)17-3/h4-7,10-12,15H,8-9H2,1-3H3. The maximum atomic E-state index is 5.38. The van der Waals surface area contributed by atoms with Gasteiger partial charge >= 0.3 is 0 Å². The number of hydrogen-bond donors (Lipinski definition) is 1. The highest BCUT2D eigenvalue weighted by Crippen LogP contribution is 2.29. The molecular weight excluding hydrogens is 214 g/mol. The second-order valence-electron chi connectivity index (χ2n) is 4.66. The summed E-state index contributed by atoms with van der Waals surface area (Å²) in [4.78, 5) is 0. The average molecular weight is 235 g/mol. The molecule has 0 aliphatic heterocycles. The van der Waals surface area contributed by atoms with Gasteiger partial charge in [-0.2, -0.15) is 0 Å². The predicted molar refractivity (Wildman–Crippen MR) is 68.4 cm³/mol. The summed E-state index contributed by atoms with van der Waals surface area (Å²) < 4.78 is 10.7. The Bertz CT molecular complexity index is 361. The molecule has 0 aromatic heterocycles. The number of benzene rings is 1. The van der Waals surface area contributed by atoms with Gasteiger partial charge in [0.15, 0.2) is 0 Å². The van der Waals surface area contributed by atoms with Gasteiger partial charge in [0.25, 0.3) is 0 Å². The zero-order valence-corrected chi connectivity index (χ0v) is 10.8. The van der Waals surface area contributed by atoms with Crippen LogP contribution in [-0.4, -0.2) is 26.4 Å². The molecule has 17 heavy (non-hydrogen) atoms. The van der Waals surface area contributed by atoms with Crippen molar-refractivity contribution < 1.29 is 9.47 Å². The predicted octanol–water partition coefficient (Wildman–Crippen LogP) is 2.52. The summed E-state index contributed by atoms with van der Waals surface area (Å²) in [5.74, 6) is 0.954. The van der Waals surface area contributed by atoms with Crippen LogP contribution in [0.5, 0.6) is 5.75 Å². The summed E-state index contributed by atoms with van der Waals surface area (Å²) in [6, 6.07) is 9.05. The van der Waals surface area contributed by atoms with Crippen molar-refractivity contribution in [2.75, 3.05) is 14.2 Å². The Morgan fingerprint density at radius 2 is 1.94 bits per heavy atom. The van der Waals surface area contributed by atoms with Crippen LogP contribution in [-0.2, 0) is 4.74 Å². The van der Waals surface area contributed by atoms with Crippen LogP contribution >= 0.6 is 0 Å². The molecule has 1 aromatic carbocycles. The molecule has 1 atom stereocenters. The lowest BCUT2D eigenvalue weighted by molar-refractivity contribution is 0.0146. The molecule has 1 fully saturated rings. The molecule has 94 valence electrons. The highest BCUT2D eigenvalue weighted by molar-refractivity contribution is 5.35. The van der Waals surface area contributed by atoms with Gasteiger partial charge in [0.2, 0.25) is 0 Å². The summed E-state index contributed by atoms with van der Waals surface area (Å²) in [7, 11) is 3.50. The molecule has 3 heteroatoms. The Balaban J connectivity index is 1.93. The number of hydrogen-bond acceptors (Lipinski definition) is 3. The van der Waals surface area contributed by atoms with Crippen molar-refractivity contribution in [3.63, 3.8) is 0 Å². The lowest BCUT2D eigenvalue weighted by atomic mass is 9.88. The lowest BCUT2D eigenvalue weighted by Crippen LogP contribution is -2.45. The minimum Gasteiger partial charge on any atom is -0.496 e. The summed E-state index contributed by atoms with van der Waals surface area (Å²) in [6.07, 6.45) is 2.66. The van der Waals surface area contributed by atoms with Crippen molar-refractivity contribution >= 4 is 0 Å². The van der Waals surface area contributed by atoms with Crippen molar-refractivity contribution in [2.45, 2.75) is 38.0 Å². The summed E-state index contributed by atoms with van der Waals surface area (Å²) in [6.45, 7) is 2.18. The molecule has 0 bridgehead atoms. The number of ether oxygens (including phenoxy) is 2. The van der Waals surface area contributed by atoms with Crippen LogP contribution in [0.2, 0.25) is 0 Å². The Morgan fingerprint density at radius 3 is 2.59 bits per heavy atom. The molecule has 2 rings (SSSR count). The maximum Gasteiger partial charge on any atom is 0.123 e. The van der Waals surface area contributed by atoms with E-state index in [0.717, 1.165) is 18.6 Å². The maximum absolute atomic E-state index is 5.38. The van der Waals surface area contributed by atoms with Gasteiger partial charge in [-0.15, -0.1) is 0 Å². The van der Waals surface area contributed by atoms with Gasteiger partial charge in [-0.25, -0.2) is 0 Å². The van der Waals surface area contributed by atoms with Crippen LogP contribution in [0.1, 0.15) is 31.4 Å². The third-order valence-corrected chi connectivity index (χ3v) is 3.52. The first kappa shape index (κ1) is 12.4. The summed E-state index contributed by atoms with van der Waals surface area (Å²) in [5, 5.41) is 3.61. The number of para-hydroxylation sites is 1. The fourth-order valence-electron chi connectivity index (χ4n) is 2.36. The Morgan fingerprint density at radius 1 is 1.24 bits per heavy atom. The smallest absolute Gasteiger partial charge is 0.123 e. The zero-order valence-electron chi connectivity index (χ0n) is 10.8. The van der Waals surface area contributed by atoms with Crippen LogP contribution in [0.15, 0.2) is 24.3 Å². The Labute approximate surface area is 103 Å². The summed E-state index contributed by atoms with van der Waals surface area (Å²) >= 11 is 0. The van der Waals surface area contributed by atoms with Gasteiger partial charge < -0.3 is 14.8 Å². The minimum atomic E-state index is 0.314. The first-order valence-corrected chi connectivity index (χ1v) is 6.16. The fraction of sp³-hybridized carbons (Fsp3) is 0.571. The first-order valence-electron chi connectivity index (χ1n) is 6.16. The molecule has 0 heterocycles. The first-order chi connectivity index (χ1) is 8.24. The average Bonchev–Trinajstić information content (AvgIpc) is 2.32. The van der Waals surface area contributed by atoms with E-state index in [4.69, 9.17) is 9.47 Å². The largest absolute Gasteiger partial charge is 0.496 e. The van der Waals surface area contributed by atoms with E-state index in [9.17, 15) is 0 Å². The van der Waals surface area contributed by atoms with Gasteiger partial charge in [0, 0.05) is 24.8 Å². The van der Waals surface area contributed by atoms with Crippen LogP contribution in [0.25, 0.3) is 0 Å². The van der Waals surface area contributed by atoms with Gasteiger partial charge in [0.1, 0.15) is 5.75 Å². The van der Waals surface area contributed by atoms with Gasteiger partial charge in [-0.1, -0.05) is 18.2 Å². The second kappa shape index (κ2) is 5.52. The van der Waals surface area contributed by atoms with E-state index in [1.54, 1.807) is 14.2 Å². The highest BCUT2D eigenvalue weighted by atomic mass is 16.5. The number of rotatable bonds is 5. The third-order valence-electron chi connectivity index (χ3n) is 3.52. The van der Waals surface area contributed by atoms with Crippen molar-refractivity contribution in [3.8, 4) is 5.75 Å². The SMILES string of the molecule is COc1ccccc1C(C)NC1CC(OC)C1. The zero-order chi connectivity index (χ0) is 12.3. The molecule has 1 aromatic rings. The highest BCUT2D eigenvalue weighted by Gasteiger charge is 2.30. The van der Waals surface area contributed by atoms with Crippen LogP contribution < -0.4 is 10.1 Å². The summed E-state index contributed by atoms with van der Waals surface area (Å²) in [5.41, 5.74) is 1.22. The molecule has 0 radical (unpaired) electrons. The van der Waals surface area contributed by atoms with Crippen LogP contribution in [0, 0.1) is 0 Å². The minimum absolute atomic E-state index is 0.314. The van der Waals surface area contributed by atoms with E-state index in [2.05, 4.69) is 24.4 Å². The Hall–Kier alpha value is -1.06. The van der Waals surface area contributed by atoms with Crippen LogP contribution in [0.3, 0.4) is 0 Å². The van der Waals surface area contributed by atoms with E-state index in [0.29, 0.717) is 18.2 Å². The third kappa shape index (κ3) is 2.79. The van der Waals surface area contributed by atoms with Gasteiger partial charge in [-0.3, -0.25) is 0 Å². The molecular formula is C14H21NO2. The number of methoxy groups -OCH3 is 2. The van der Waals surface area contributed by atoms with E-state index < -0.39 is 0 Å². The second-order valence-corrected chi connectivity index (χ2v) is 4.66. The fourth-order valence-corrected chi connectivity index (χ4v) is 2.36. The van der Waals surface area contributed by atoms with Crippen molar-refractivity contribution in [1.82, 2.24) is 5.32 Å².